The molecule has 2 heteroatoms. The summed E-state index contributed by atoms with van der Waals surface area (Å²) in [7, 11) is 0. The maximum absolute atomic E-state index is 6.02. The summed E-state index contributed by atoms with van der Waals surface area (Å²) < 4.78 is 0. The van der Waals surface area contributed by atoms with Gasteiger partial charge in [-0.25, -0.2) is 0 Å². The van der Waals surface area contributed by atoms with Gasteiger partial charge in [-0.2, -0.15) is 0 Å². The number of aryl methyl sites for hydroxylation is 1. The molecule has 1 fully saturated rings. The van der Waals surface area contributed by atoms with Crippen LogP contribution in [0.1, 0.15) is 29.3 Å². The van der Waals surface area contributed by atoms with Gasteiger partial charge in [0, 0.05) is 10.9 Å². The molecule has 1 saturated carbocycles. The Morgan fingerprint density at radius 1 is 1.64 bits per heavy atom. The lowest BCUT2D eigenvalue weighted by atomic mass is 10.1. The second-order valence-corrected chi connectivity index (χ2v) is 4.33. The van der Waals surface area contributed by atoms with Gasteiger partial charge in [0.2, 0.25) is 0 Å². The summed E-state index contributed by atoms with van der Waals surface area (Å²) in [6.45, 7) is 2.12. The fourth-order valence-electron chi connectivity index (χ4n) is 1.32. The molecule has 1 heterocycles. The van der Waals surface area contributed by atoms with Crippen LogP contribution >= 0.6 is 11.3 Å². The minimum Gasteiger partial charge on any atom is -0.323 e. The molecule has 60 valence electrons. The third-order valence-corrected chi connectivity index (χ3v) is 3.36. The third-order valence-electron chi connectivity index (χ3n) is 2.21. The fourth-order valence-corrected chi connectivity index (χ4v) is 2.31. The van der Waals surface area contributed by atoms with Crippen molar-refractivity contribution in [2.45, 2.75) is 25.8 Å². The monoisotopic (exact) mass is 167 g/mol. The predicted octanol–water partition coefficient (Wildman–Crippen LogP) is 2.47. The van der Waals surface area contributed by atoms with Crippen molar-refractivity contribution in [3.63, 3.8) is 0 Å². The first-order chi connectivity index (χ1) is 5.27. The molecule has 0 saturated heterocycles. The van der Waals surface area contributed by atoms with E-state index in [1.165, 1.54) is 23.3 Å². The smallest absolute Gasteiger partial charge is 0.0418 e. The molecule has 0 spiro atoms. The van der Waals surface area contributed by atoms with Crippen LogP contribution in [0.15, 0.2) is 11.4 Å². The summed E-state index contributed by atoms with van der Waals surface area (Å²) in [4.78, 5) is 1.37. The second kappa shape index (κ2) is 2.61. The zero-order valence-corrected chi connectivity index (χ0v) is 7.53. The Kier molecular flexibility index (Phi) is 1.74. The summed E-state index contributed by atoms with van der Waals surface area (Å²) in [5.41, 5.74) is 7.37. The molecule has 0 radical (unpaired) electrons. The van der Waals surface area contributed by atoms with E-state index in [1.54, 1.807) is 11.3 Å². The Morgan fingerprint density at radius 3 is 2.82 bits per heavy atom. The van der Waals surface area contributed by atoms with Gasteiger partial charge in [-0.3, -0.25) is 0 Å². The average Bonchev–Trinajstić information content (AvgIpc) is 2.74. The Morgan fingerprint density at radius 2 is 2.36 bits per heavy atom. The quantitative estimate of drug-likeness (QED) is 0.719. The Hall–Kier alpha value is -0.340. The molecule has 1 aromatic heterocycles. The zero-order valence-electron chi connectivity index (χ0n) is 6.71. The van der Waals surface area contributed by atoms with Gasteiger partial charge in [-0.15, -0.1) is 11.3 Å². The van der Waals surface area contributed by atoms with Crippen LogP contribution in [0.5, 0.6) is 0 Å². The normalized spacial score (nSPS) is 20.2. The van der Waals surface area contributed by atoms with Crippen molar-refractivity contribution in [1.29, 1.82) is 0 Å². The van der Waals surface area contributed by atoms with Gasteiger partial charge in [-0.1, -0.05) is 0 Å². The van der Waals surface area contributed by atoms with Crippen LogP contribution in [0.3, 0.4) is 0 Å². The Balaban J connectivity index is 2.14. The van der Waals surface area contributed by atoms with Crippen molar-refractivity contribution in [2.24, 2.45) is 11.7 Å². The van der Waals surface area contributed by atoms with Gasteiger partial charge in [0.05, 0.1) is 0 Å². The molecule has 2 N–H and O–H groups in total. The predicted molar refractivity (Wildman–Crippen MR) is 48.7 cm³/mol. The summed E-state index contributed by atoms with van der Waals surface area (Å²) in [5, 5.41) is 2.18. The number of hydrogen-bond acceptors (Lipinski definition) is 2. The highest BCUT2D eigenvalue weighted by molar-refractivity contribution is 7.10. The number of rotatable bonds is 2. The minimum atomic E-state index is 0.327. The van der Waals surface area contributed by atoms with Gasteiger partial charge in [-0.05, 0) is 42.7 Å². The molecule has 0 aliphatic heterocycles. The average molecular weight is 167 g/mol. The lowest BCUT2D eigenvalue weighted by Crippen LogP contribution is -2.10. The van der Waals surface area contributed by atoms with Gasteiger partial charge in [0.15, 0.2) is 0 Å². The van der Waals surface area contributed by atoms with E-state index < -0.39 is 0 Å². The summed E-state index contributed by atoms with van der Waals surface area (Å²) in [6.07, 6.45) is 2.66. The molecule has 1 aliphatic rings. The Labute approximate surface area is 71.2 Å². The van der Waals surface area contributed by atoms with Gasteiger partial charge in [0.25, 0.3) is 0 Å². The highest BCUT2D eigenvalue weighted by atomic mass is 32.1. The first-order valence-electron chi connectivity index (χ1n) is 4.08. The largest absolute Gasteiger partial charge is 0.323 e. The molecule has 0 aromatic carbocycles. The SMILES string of the molecule is Cc1csc([C@H](N)C2CC2)c1. The maximum Gasteiger partial charge on any atom is 0.0418 e. The Bertz CT molecular complexity index is 250. The van der Waals surface area contributed by atoms with E-state index in [9.17, 15) is 0 Å². The minimum absolute atomic E-state index is 0.327. The van der Waals surface area contributed by atoms with Crippen LogP contribution in [0.4, 0.5) is 0 Å². The van der Waals surface area contributed by atoms with Crippen molar-refractivity contribution in [3.8, 4) is 0 Å². The molecule has 0 unspecified atom stereocenters. The standard InChI is InChI=1S/C9H13NS/c1-6-4-8(11-5-6)9(10)7-2-3-7/h4-5,7,9H,2-3,10H2,1H3/t9-/m1/s1. The first kappa shape index (κ1) is 7.32. The summed E-state index contributed by atoms with van der Waals surface area (Å²) >= 11 is 1.80. The van der Waals surface area contributed by atoms with Crippen molar-refractivity contribution >= 4 is 11.3 Å². The van der Waals surface area contributed by atoms with Crippen molar-refractivity contribution in [2.75, 3.05) is 0 Å². The van der Waals surface area contributed by atoms with E-state index in [4.69, 9.17) is 5.73 Å². The van der Waals surface area contributed by atoms with Crippen LogP contribution in [-0.2, 0) is 0 Å². The highest BCUT2D eigenvalue weighted by Crippen LogP contribution is 2.40. The van der Waals surface area contributed by atoms with Crippen LogP contribution < -0.4 is 5.73 Å². The van der Waals surface area contributed by atoms with Crippen LogP contribution in [-0.4, -0.2) is 0 Å². The zero-order chi connectivity index (χ0) is 7.84. The molecule has 1 atom stereocenters. The lowest BCUT2D eigenvalue weighted by Gasteiger charge is -2.05. The molecule has 11 heavy (non-hydrogen) atoms. The topological polar surface area (TPSA) is 26.0 Å². The molecular weight excluding hydrogens is 154 g/mol. The van der Waals surface area contributed by atoms with Crippen LogP contribution in [0, 0.1) is 12.8 Å². The highest BCUT2D eigenvalue weighted by Gasteiger charge is 2.30. The first-order valence-corrected chi connectivity index (χ1v) is 4.96. The number of thiophene rings is 1. The number of hydrogen-bond donors (Lipinski definition) is 1. The summed E-state index contributed by atoms with van der Waals surface area (Å²) in [5.74, 6) is 0.785. The van der Waals surface area contributed by atoms with Gasteiger partial charge >= 0.3 is 0 Å². The van der Waals surface area contributed by atoms with Crippen molar-refractivity contribution < 1.29 is 0 Å². The second-order valence-electron chi connectivity index (χ2n) is 3.39. The van der Waals surface area contributed by atoms with E-state index in [0.29, 0.717) is 6.04 Å². The van der Waals surface area contributed by atoms with Gasteiger partial charge < -0.3 is 5.73 Å². The molecule has 1 aliphatic carbocycles. The molecule has 1 nitrogen and oxygen atoms in total. The molecular formula is C9H13NS. The molecule has 0 amide bonds. The van der Waals surface area contributed by atoms with Crippen molar-refractivity contribution in [3.05, 3.63) is 21.9 Å². The van der Waals surface area contributed by atoms with E-state index in [0.717, 1.165) is 5.92 Å². The van der Waals surface area contributed by atoms with Crippen molar-refractivity contribution in [1.82, 2.24) is 0 Å². The number of nitrogens with two attached hydrogens (primary N) is 1. The maximum atomic E-state index is 6.02. The summed E-state index contributed by atoms with van der Waals surface area (Å²) in [6, 6.07) is 2.54. The van der Waals surface area contributed by atoms with Crippen LogP contribution in [0.25, 0.3) is 0 Å². The lowest BCUT2D eigenvalue weighted by molar-refractivity contribution is 0.644. The van der Waals surface area contributed by atoms with E-state index in [2.05, 4.69) is 18.4 Å². The fraction of sp³-hybridized carbons (Fsp3) is 0.556. The van der Waals surface area contributed by atoms with Crippen LogP contribution in [0.2, 0.25) is 0 Å². The van der Waals surface area contributed by atoms with Gasteiger partial charge in [0.1, 0.15) is 0 Å². The molecule has 2 rings (SSSR count). The molecule has 0 bridgehead atoms. The third kappa shape index (κ3) is 1.47. The van der Waals surface area contributed by atoms with E-state index in [1.807, 2.05) is 0 Å². The van der Waals surface area contributed by atoms with E-state index in [-0.39, 0.29) is 0 Å². The molecule has 1 aromatic rings. The van der Waals surface area contributed by atoms with E-state index >= 15 is 0 Å².